The van der Waals surface area contributed by atoms with Crippen LogP contribution in [0.15, 0.2) is 0 Å². The quantitative estimate of drug-likeness (QED) is 0.0509. The molecule has 0 bridgehead atoms. The SMILES string of the molecule is CCCCCCC(CCCCCCCCCCCCCOC(=O)CCCCCCCCCCC(CCCCCC)OC)OC. The highest BCUT2D eigenvalue weighted by Crippen LogP contribution is 2.18. The molecule has 0 fully saturated rings. The van der Waals surface area contributed by atoms with Crippen LogP contribution in [-0.4, -0.2) is 39.0 Å². The van der Waals surface area contributed by atoms with E-state index in [2.05, 4.69) is 13.8 Å². The van der Waals surface area contributed by atoms with E-state index in [0.29, 0.717) is 25.2 Å². The van der Waals surface area contributed by atoms with Gasteiger partial charge in [0, 0.05) is 20.6 Å². The van der Waals surface area contributed by atoms with Crippen LogP contribution >= 0.6 is 0 Å². The van der Waals surface area contributed by atoms with Gasteiger partial charge < -0.3 is 14.2 Å². The highest BCUT2D eigenvalue weighted by molar-refractivity contribution is 5.69. The molecule has 4 heteroatoms. The number of ether oxygens (including phenoxy) is 3. The molecule has 0 N–H and O–H groups in total. The lowest BCUT2D eigenvalue weighted by Gasteiger charge is -2.15. The minimum absolute atomic E-state index is 0.0112. The summed E-state index contributed by atoms with van der Waals surface area (Å²) in [5.74, 6) is 0.0112. The first-order chi connectivity index (χ1) is 21.7. The van der Waals surface area contributed by atoms with Gasteiger partial charge in [-0.15, -0.1) is 0 Å². The van der Waals surface area contributed by atoms with Crippen molar-refractivity contribution in [2.24, 2.45) is 0 Å². The number of carbonyl (C=O) groups excluding carboxylic acids is 1. The van der Waals surface area contributed by atoms with Gasteiger partial charge in [-0.2, -0.15) is 0 Å². The maximum Gasteiger partial charge on any atom is 0.305 e. The number of rotatable bonds is 37. The van der Waals surface area contributed by atoms with Gasteiger partial charge in [-0.25, -0.2) is 0 Å². The topological polar surface area (TPSA) is 44.8 Å². The standard InChI is InChI=1S/C40H80O4/c1-5-7-9-26-32-38(42-3)34-28-22-18-14-12-11-13-17-21-25-31-37-44-40(41)36-30-24-20-16-15-19-23-29-35-39(43-4)33-27-10-8-6-2/h38-39H,5-37H2,1-4H3. The Morgan fingerprint density at radius 3 is 1.05 bits per heavy atom. The Balaban J connectivity index is 3.33. The van der Waals surface area contributed by atoms with Crippen molar-refractivity contribution >= 4 is 5.97 Å². The maximum absolute atomic E-state index is 12.0. The molecule has 0 aromatic heterocycles. The maximum atomic E-state index is 12.0. The monoisotopic (exact) mass is 625 g/mol. The molecule has 0 amide bonds. The Hall–Kier alpha value is -0.610. The Bertz CT molecular complexity index is 551. The van der Waals surface area contributed by atoms with E-state index in [1.165, 1.54) is 180 Å². The van der Waals surface area contributed by atoms with E-state index in [1.807, 2.05) is 14.2 Å². The molecule has 0 saturated carbocycles. The molecule has 0 aliphatic rings. The summed E-state index contributed by atoms with van der Waals surface area (Å²) in [7, 11) is 3.76. The van der Waals surface area contributed by atoms with Crippen LogP contribution in [0.2, 0.25) is 0 Å². The molecule has 0 aliphatic carbocycles. The minimum atomic E-state index is 0.0112. The molecular weight excluding hydrogens is 544 g/mol. The second-order valence-corrected chi connectivity index (χ2v) is 13.7. The van der Waals surface area contributed by atoms with Crippen molar-refractivity contribution in [3.05, 3.63) is 0 Å². The summed E-state index contributed by atoms with van der Waals surface area (Å²) < 4.78 is 16.8. The van der Waals surface area contributed by atoms with E-state index in [9.17, 15) is 4.79 Å². The lowest BCUT2D eigenvalue weighted by atomic mass is 10.0. The Kier molecular flexibility index (Phi) is 36.3. The fraction of sp³-hybridized carbons (Fsp3) is 0.975. The molecular formula is C40H80O4. The highest BCUT2D eigenvalue weighted by atomic mass is 16.5. The number of unbranched alkanes of at least 4 members (excludes halogenated alkanes) is 23. The Labute approximate surface area is 276 Å². The van der Waals surface area contributed by atoms with Crippen LogP contribution in [0.4, 0.5) is 0 Å². The van der Waals surface area contributed by atoms with Gasteiger partial charge in [0.25, 0.3) is 0 Å². The van der Waals surface area contributed by atoms with E-state index >= 15 is 0 Å². The van der Waals surface area contributed by atoms with E-state index in [0.717, 1.165) is 19.3 Å². The van der Waals surface area contributed by atoms with Crippen LogP contribution in [0, 0.1) is 0 Å². The molecule has 0 aromatic rings. The second kappa shape index (κ2) is 36.9. The molecule has 0 heterocycles. The van der Waals surface area contributed by atoms with Crippen LogP contribution in [0.1, 0.15) is 219 Å². The molecule has 0 radical (unpaired) electrons. The summed E-state index contributed by atoms with van der Waals surface area (Å²) in [6, 6.07) is 0. The number of methoxy groups -OCH3 is 2. The van der Waals surface area contributed by atoms with Crippen molar-refractivity contribution in [3.63, 3.8) is 0 Å². The zero-order valence-corrected chi connectivity index (χ0v) is 30.6. The summed E-state index contributed by atoms with van der Waals surface area (Å²) in [5.41, 5.74) is 0. The zero-order chi connectivity index (χ0) is 32.2. The summed E-state index contributed by atoms with van der Waals surface area (Å²) in [6.45, 7) is 5.16. The lowest BCUT2D eigenvalue weighted by Crippen LogP contribution is -2.10. The van der Waals surface area contributed by atoms with Crippen molar-refractivity contribution in [1.82, 2.24) is 0 Å². The number of hydrogen-bond acceptors (Lipinski definition) is 4. The third kappa shape index (κ3) is 32.8. The van der Waals surface area contributed by atoms with Crippen LogP contribution < -0.4 is 0 Å². The number of esters is 1. The van der Waals surface area contributed by atoms with Crippen molar-refractivity contribution in [3.8, 4) is 0 Å². The van der Waals surface area contributed by atoms with Crippen LogP contribution in [-0.2, 0) is 19.0 Å². The second-order valence-electron chi connectivity index (χ2n) is 13.7. The summed E-state index contributed by atoms with van der Waals surface area (Å²) in [5, 5.41) is 0. The fourth-order valence-electron chi connectivity index (χ4n) is 6.38. The first-order valence-electron chi connectivity index (χ1n) is 19.9. The first-order valence-corrected chi connectivity index (χ1v) is 19.9. The molecule has 0 rings (SSSR count). The van der Waals surface area contributed by atoms with E-state index in [4.69, 9.17) is 14.2 Å². The summed E-state index contributed by atoms with van der Waals surface area (Å²) in [4.78, 5) is 12.0. The minimum Gasteiger partial charge on any atom is -0.466 e. The van der Waals surface area contributed by atoms with Gasteiger partial charge in [0.05, 0.1) is 18.8 Å². The molecule has 2 unspecified atom stereocenters. The van der Waals surface area contributed by atoms with Crippen LogP contribution in [0.25, 0.3) is 0 Å². The van der Waals surface area contributed by atoms with Gasteiger partial charge in [-0.05, 0) is 38.5 Å². The van der Waals surface area contributed by atoms with E-state index in [1.54, 1.807) is 0 Å². The first kappa shape index (κ1) is 43.4. The van der Waals surface area contributed by atoms with Crippen LogP contribution in [0.3, 0.4) is 0 Å². The normalized spacial score (nSPS) is 12.9. The van der Waals surface area contributed by atoms with Gasteiger partial charge in [0.15, 0.2) is 0 Å². The van der Waals surface area contributed by atoms with E-state index < -0.39 is 0 Å². The Morgan fingerprint density at radius 1 is 0.409 bits per heavy atom. The van der Waals surface area contributed by atoms with Gasteiger partial charge in [-0.3, -0.25) is 4.79 Å². The average molecular weight is 625 g/mol. The smallest absolute Gasteiger partial charge is 0.305 e. The van der Waals surface area contributed by atoms with Crippen LogP contribution in [0.5, 0.6) is 0 Å². The third-order valence-corrected chi connectivity index (χ3v) is 9.52. The predicted molar refractivity (Wildman–Crippen MR) is 192 cm³/mol. The number of carbonyl (C=O) groups is 1. The molecule has 0 saturated heterocycles. The molecule has 0 aliphatic heterocycles. The number of hydrogen-bond donors (Lipinski definition) is 0. The average Bonchev–Trinajstić information content (AvgIpc) is 3.03. The summed E-state index contributed by atoms with van der Waals surface area (Å²) in [6.07, 6.45) is 41.6. The molecule has 4 nitrogen and oxygen atoms in total. The predicted octanol–water partition coefficient (Wildman–Crippen LogP) is 13.1. The molecule has 0 aromatic carbocycles. The highest BCUT2D eigenvalue weighted by Gasteiger charge is 2.08. The van der Waals surface area contributed by atoms with Gasteiger partial charge in [0.2, 0.25) is 0 Å². The molecule has 0 spiro atoms. The van der Waals surface area contributed by atoms with Gasteiger partial charge >= 0.3 is 5.97 Å². The van der Waals surface area contributed by atoms with Crippen molar-refractivity contribution in [2.45, 2.75) is 232 Å². The summed E-state index contributed by atoms with van der Waals surface area (Å²) >= 11 is 0. The van der Waals surface area contributed by atoms with E-state index in [-0.39, 0.29) is 5.97 Å². The zero-order valence-electron chi connectivity index (χ0n) is 30.6. The fourth-order valence-corrected chi connectivity index (χ4v) is 6.38. The largest absolute Gasteiger partial charge is 0.466 e. The van der Waals surface area contributed by atoms with Gasteiger partial charge in [-0.1, -0.05) is 174 Å². The van der Waals surface area contributed by atoms with Crippen molar-refractivity contribution in [1.29, 1.82) is 0 Å². The molecule has 264 valence electrons. The molecule has 2 atom stereocenters. The van der Waals surface area contributed by atoms with Crippen molar-refractivity contribution in [2.75, 3.05) is 20.8 Å². The third-order valence-electron chi connectivity index (χ3n) is 9.52. The van der Waals surface area contributed by atoms with Crippen molar-refractivity contribution < 1.29 is 19.0 Å². The Morgan fingerprint density at radius 2 is 0.705 bits per heavy atom. The lowest BCUT2D eigenvalue weighted by molar-refractivity contribution is -0.143. The molecule has 44 heavy (non-hydrogen) atoms. The van der Waals surface area contributed by atoms with Gasteiger partial charge in [0.1, 0.15) is 0 Å².